The highest BCUT2D eigenvalue weighted by atomic mass is 31.2. The van der Waals surface area contributed by atoms with Gasteiger partial charge in [0.1, 0.15) is 0 Å². The van der Waals surface area contributed by atoms with E-state index >= 15 is 0 Å². The van der Waals surface area contributed by atoms with E-state index in [1.165, 1.54) is 0 Å². The Bertz CT molecular complexity index is 1790. The highest BCUT2D eigenvalue weighted by Crippen LogP contribution is 2.64. The van der Waals surface area contributed by atoms with E-state index in [1.807, 2.05) is 79.7 Å². The van der Waals surface area contributed by atoms with E-state index in [1.54, 1.807) is 0 Å². The molecule has 0 aromatic heterocycles. The third-order valence-corrected chi connectivity index (χ3v) is 68.9. The molecule has 0 saturated carbocycles. The van der Waals surface area contributed by atoms with Crippen LogP contribution in [0.1, 0.15) is 145 Å². The number of hydrogen-bond acceptors (Lipinski definition) is 15. The molecule has 82 heavy (non-hydrogen) atoms. The minimum atomic E-state index is -3.69. The predicted molar refractivity (Wildman–Crippen MR) is 393 cm³/mol. The number of phosphoric acid groups is 3. The smallest absolute Gasteiger partial charge is 0.355 e. The summed E-state index contributed by atoms with van der Waals surface area (Å²) in [6, 6.07) is 2.91. The molecule has 31 heteroatoms. The fourth-order valence-electron chi connectivity index (χ4n) is 4.11. The zero-order valence-electron chi connectivity index (χ0n) is 61.7. The molecule has 0 N–H and O–H groups in total. The first kappa shape index (κ1) is 91.7. The molecule has 0 radical (unpaired) electrons. The Hall–Kier alpha value is 3.24. The summed E-state index contributed by atoms with van der Waals surface area (Å²) >= 11 is 0. The van der Waals surface area contributed by atoms with Gasteiger partial charge >= 0.3 is 23.5 Å². The first-order valence-electron chi connectivity index (χ1n) is 30.1. The van der Waals surface area contributed by atoms with Gasteiger partial charge in [-0.1, -0.05) is 145 Å². The molecule has 0 aliphatic heterocycles. The van der Waals surface area contributed by atoms with Crippen LogP contribution in [0.3, 0.4) is 0 Å². The van der Waals surface area contributed by atoms with Gasteiger partial charge in [0.2, 0.25) is 49.9 Å². The van der Waals surface area contributed by atoms with E-state index < -0.39 is 136 Å². The molecule has 0 spiro atoms. The second-order valence-corrected chi connectivity index (χ2v) is 90.6. The SMILES string of the molecule is CC(C)(C)[Si](C)(C)OP(=O)(O[Si](C)(C)C(C)(C)C)O[Si](C)(C)C(C)(C)C.CC(C)(C)[Si](C)(C)OP(O[Si](C)(C)C(C)(C)C)O[Si](C)(C)C(C)(C)C.CC[SiH2]OP(=O)(O[SiH2]CC)O[SiH2]CC.C[Si](C)(C)OP(=O)(O[Si](C)(C)C)O[Si](C)(C)C. The van der Waals surface area contributed by atoms with Gasteiger partial charge in [-0.25, -0.2) is 13.7 Å². The first-order valence-corrected chi connectivity index (χ1v) is 67.9. The first-order chi connectivity index (χ1) is 35.2. The Labute approximate surface area is 527 Å². The van der Waals surface area contributed by atoms with Gasteiger partial charge in [-0.05, 0) is 186 Å². The summed E-state index contributed by atoms with van der Waals surface area (Å²) in [7, 11) is -32.4. The van der Waals surface area contributed by atoms with Crippen LogP contribution in [0.4, 0.5) is 0 Å². The molecule has 0 aromatic carbocycles. The van der Waals surface area contributed by atoms with Gasteiger partial charge in [0.25, 0.3) is 8.60 Å². The number of hydrogen-bond donors (Lipinski definition) is 0. The van der Waals surface area contributed by atoms with Crippen LogP contribution in [0, 0.1) is 0 Å². The van der Waals surface area contributed by atoms with E-state index in [0.717, 1.165) is 18.1 Å². The minimum Gasteiger partial charge on any atom is -0.355 e. The van der Waals surface area contributed by atoms with Gasteiger partial charge in [-0.3, -0.25) is 0 Å². The second-order valence-electron chi connectivity index (χ2n) is 33.8. The normalized spacial score (nSPS) is 16.1. The summed E-state index contributed by atoms with van der Waals surface area (Å²) in [5.41, 5.74) is 0. The molecule has 0 amide bonds. The molecule has 0 bridgehead atoms. The van der Waals surface area contributed by atoms with Crippen molar-refractivity contribution in [3.63, 3.8) is 0 Å². The fourth-order valence-corrected chi connectivity index (χ4v) is 42.1. The van der Waals surface area contributed by atoms with Crippen molar-refractivity contribution in [3.8, 4) is 0 Å². The van der Waals surface area contributed by atoms with E-state index in [4.69, 9.17) is 50.6 Å². The van der Waals surface area contributed by atoms with E-state index in [0.29, 0.717) is 0 Å². The standard InChI is InChI=1S/C18H45O4PSi3.C18H45O3PSi3.C9H27O4PSi3.C6H21O4PSi3/c1-16(2,3)24(10,11)20-23(19,21-25(12,13)17(4,5)6)22-26(14,15)18(7,8)9;1-16(2,3)23(10,11)19-22(20-24(12,13)17(4,5)6)21-25(14,15)18(7,8)9;1-15(2,3)11-14(10,12-16(4,5)6)13-17(7,8)9;1-4-12-8-11(7,9-13-5-2)10-14-6-3/h1-15H3;1-15H3;1-9H3;4-6,12-14H2,1-3H3. The van der Waals surface area contributed by atoms with Crippen molar-refractivity contribution in [1.82, 2.24) is 0 Å². The maximum absolute atomic E-state index is 14.0. The Balaban J connectivity index is -0.000000509. The lowest BCUT2D eigenvalue weighted by molar-refractivity contribution is 0.270. The van der Waals surface area contributed by atoms with Crippen molar-refractivity contribution in [2.75, 3.05) is 0 Å². The quantitative estimate of drug-likeness (QED) is 0.0564. The zero-order chi connectivity index (χ0) is 67.3. The zero-order valence-corrected chi connectivity index (χ0v) is 78.5. The molecule has 0 rings (SSSR count). The van der Waals surface area contributed by atoms with Gasteiger partial charge in [-0.2, -0.15) is 0 Å². The van der Waals surface area contributed by atoms with Crippen molar-refractivity contribution >= 4 is 136 Å². The molecule has 0 aliphatic rings. The molecule has 0 aliphatic carbocycles. The Morgan fingerprint density at radius 3 is 0.573 bits per heavy atom. The Morgan fingerprint density at radius 1 is 0.280 bits per heavy atom. The molecule has 500 valence electrons. The minimum absolute atomic E-state index is 0.0732. The van der Waals surface area contributed by atoms with E-state index in [-0.39, 0.29) is 30.2 Å². The van der Waals surface area contributed by atoms with Gasteiger partial charge < -0.3 is 50.6 Å². The van der Waals surface area contributed by atoms with Crippen molar-refractivity contribution in [2.24, 2.45) is 0 Å². The van der Waals surface area contributed by atoms with Crippen LogP contribution in [0.5, 0.6) is 0 Å². The van der Waals surface area contributed by atoms with Crippen LogP contribution in [0.2, 0.25) is 186 Å². The summed E-state index contributed by atoms with van der Waals surface area (Å²) < 4.78 is 111. The van der Waals surface area contributed by atoms with Crippen molar-refractivity contribution < 1.29 is 64.2 Å². The highest BCUT2D eigenvalue weighted by Gasteiger charge is 2.54. The van der Waals surface area contributed by atoms with E-state index in [2.05, 4.69) is 203 Å². The van der Waals surface area contributed by atoms with Gasteiger partial charge in [0, 0.05) is 0 Å². The highest BCUT2D eigenvalue weighted by molar-refractivity contribution is 7.54. The summed E-state index contributed by atoms with van der Waals surface area (Å²) in [6.07, 6.45) is 0. The van der Waals surface area contributed by atoms with Gasteiger partial charge in [0.05, 0.1) is 0 Å². The lowest BCUT2D eigenvalue weighted by atomic mass is 10.2. The van der Waals surface area contributed by atoms with Crippen LogP contribution < -0.4 is 0 Å². The topological polar surface area (TPSA) is 162 Å². The van der Waals surface area contributed by atoms with Crippen LogP contribution in [0.25, 0.3) is 0 Å². The molecule has 0 heterocycles. The molecule has 0 aromatic rings. The van der Waals surface area contributed by atoms with E-state index in [9.17, 15) is 13.7 Å². The van der Waals surface area contributed by atoms with Crippen molar-refractivity contribution in [1.29, 1.82) is 0 Å². The maximum atomic E-state index is 14.0. The van der Waals surface area contributed by atoms with Crippen LogP contribution in [-0.4, -0.2) is 104 Å². The summed E-state index contributed by atoms with van der Waals surface area (Å²) in [5, 5.41) is 0.201. The Morgan fingerprint density at radius 2 is 0.439 bits per heavy atom. The second kappa shape index (κ2) is 33.4. The monoisotopic (exact) mass is 1450 g/mol. The summed E-state index contributed by atoms with van der Waals surface area (Å²) in [4.78, 5) is 0. The predicted octanol–water partition coefficient (Wildman–Crippen LogP) is 21.8. The third-order valence-electron chi connectivity index (χ3n) is 15.3. The largest absolute Gasteiger partial charge is 0.445 e. The average molecular weight is 1450 g/mol. The molecule has 15 nitrogen and oxygen atoms in total. The molecule has 0 atom stereocenters. The molecular formula is C51H138O15P4Si12. The van der Waals surface area contributed by atoms with Gasteiger partial charge in [0.15, 0.2) is 54.2 Å². The van der Waals surface area contributed by atoms with Crippen molar-refractivity contribution in [3.05, 3.63) is 0 Å². The lowest BCUT2D eigenvalue weighted by Crippen LogP contribution is -2.47. The van der Waals surface area contributed by atoms with Crippen LogP contribution in [0.15, 0.2) is 0 Å². The lowest BCUT2D eigenvalue weighted by Gasteiger charge is -2.46. The fraction of sp³-hybridized carbons (Fsp3) is 1.00. The Kier molecular flexibility index (Phi) is 37.3. The van der Waals surface area contributed by atoms with Crippen molar-refractivity contribution in [2.45, 2.75) is 331 Å². The van der Waals surface area contributed by atoms with Crippen LogP contribution >= 0.6 is 32.1 Å². The average Bonchev–Trinajstić information content (AvgIpc) is 3.13. The van der Waals surface area contributed by atoms with Crippen LogP contribution in [-0.2, 0) is 64.2 Å². The summed E-state index contributed by atoms with van der Waals surface area (Å²) in [6.45, 7) is 90.0. The van der Waals surface area contributed by atoms with Gasteiger partial charge in [-0.15, -0.1) is 0 Å². The number of rotatable bonds is 27. The molecule has 0 fully saturated rings. The maximum Gasteiger partial charge on any atom is 0.445 e. The third kappa shape index (κ3) is 37.1. The molecule has 0 saturated heterocycles. The molecular weight excluding hydrogens is 1310 g/mol. The summed E-state index contributed by atoms with van der Waals surface area (Å²) in [5.74, 6) is 0. The molecule has 0 unspecified atom stereocenters.